The van der Waals surface area contributed by atoms with Crippen molar-refractivity contribution in [2.45, 2.75) is 20.0 Å². The van der Waals surface area contributed by atoms with Gasteiger partial charge in [0.1, 0.15) is 11.6 Å². The average Bonchev–Trinajstić information content (AvgIpc) is 2.36. The fourth-order valence-electron chi connectivity index (χ4n) is 1.68. The smallest absolute Gasteiger partial charge is 0.226 e. The van der Waals surface area contributed by atoms with Crippen molar-refractivity contribution in [3.8, 4) is 0 Å². The third-order valence-electron chi connectivity index (χ3n) is 2.50. The molecule has 2 rings (SSSR count). The molecule has 0 bridgehead atoms. The zero-order valence-electron chi connectivity index (χ0n) is 10.5. The van der Waals surface area contributed by atoms with E-state index < -0.39 is 6.10 Å². The van der Waals surface area contributed by atoms with E-state index in [9.17, 15) is 5.11 Å². The van der Waals surface area contributed by atoms with Crippen LogP contribution in [0.1, 0.15) is 23.3 Å². The molecule has 2 N–H and O–H groups in total. The second-order valence-electron chi connectivity index (χ2n) is 4.06. The number of aliphatic hydroxyl groups excluding tert-OH is 1. The number of aryl methyl sites for hydroxylation is 2. The standard InChI is InChI=1S/C13H16N4O/c1-9-15-10(2)17-13(16-9)14-8-12(18)11-6-4-3-5-7-11/h3-7,12,18H,8H2,1-2H3,(H,14,15,16,17). The minimum absolute atomic E-state index is 0.368. The van der Waals surface area contributed by atoms with Gasteiger partial charge in [-0.25, -0.2) is 4.98 Å². The SMILES string of the molecule is Cc1nc(C)nc(NCC(O)c2ccccc2)n1. The van der Waals surface area contributed by atoms with Gasteiger partial charge in [-0.15, -0.1) is 0 Å². The first kappa shape index (κ1) is 12.4. The topological polar surface area (TPSA) is 70.9 Å². The monoisotopic (exact) mass is 244 g/mol. The van der Waals surface area contributed by atoms with Gasteiger partial charge in [-0.1, -0.05) is 30.3 Å². The number of nitrogens with zero attached hydrogens (tertiary/aromatic N) is 3. The van der Waals surface area contributed by atoms with Crippen LogP contribution in [0.3, 0.4) is 0 Å². The molecular weight excluding hydrogens is 228 g/mol. The van der Waals surface area contributed by atoms with E-state index in [1.807, 2.05) is 44.2 Å². The summed E-state index contributed by atoms with van der Waals surface area (Å²) in [6, 6.07) is 9.49. The Kier molecular flexibility index (Phi) is 3.84. The van der Waals surface area contributed by atoms with Crippen LogP contribution in [0.5, 0.6) is 0 Å². The van der Waals surface area contributed by atoms with Crippen LogP contribution in [0.2, 0.25) is 0 Å². The van der Waals surface area contributed by atoms with E-state index in [0.29, 0.717) is 24.1 Å². The van der Waals surface area contributed by atoms with Crippen LogP contribution in [-0.4, -0.2) is 26.6 Å². The Hall–Kier alpha value is -2.01. The molecule has 1 unspecified atom stereocenters. The summed E-state index contributed by atoms with van der Waals surface area (Å²) in [5.74, 6) is 1.83. The van der Waals surface area contributed by atoms with Gasteiger partial charge in [-0.2, -0.15) is 9.97 Å². The van der Waals surface area contributed by atoms with Crippen molar-refractivity contribution in [2.24, 2.45) is 0 Å². The number of benzene rings is 1. The lowest BCUT2D eigenvalue weighted by Gasteiger charge is -2.12. The van der Waals surface area contributed by atoms with Crippen LogP contribution in [0, 0.1) is 13.8 Å². The second-order valence-corrected chi connectivity index (χ2v) is 4.06. The van der Waals surface area contributed by atoms with Crippen molar-refractivity contribution in [1.82, 2.24) is 15.0 Å². The number of hydrogen-bond donors (Lipinski definition) is 2. The fraction of sp³-hybridized carbons (Fsp3) is 0.308. The Labute approximate surface area is 106 Å². The van der Waals surface area contributed by atoms with Gasteiger partial charge < -0.3 is 10.4 Å². The van der Waals surface area contributed by atoms with Gasteiger partial charge in [0.05, 0.1) is 6.10 Å². The molecule has 0 aliphatic rings. The van der Waals surface area contributed by atoms with Gasteiger partial charge in [0.15, 0.2) is 0 Å². The van der Waals surface area contributed by atoms with E-state index in [1.165, 1.54) is 0 Å². The van der Waals surface area contributed by atoms with E-state index in [4.69, 9.17) is 0 Å². The first-order chi connectivity index (χ1) is 8.65. The van der Waals surface area contributed by atoms with E-state index in [-0.39, 0.29) is 0 Å². The summed E-state index contributed by atoms with van der Waals surface area (Å²) in [7, 11) is 0. The molecule has 94 valence electrons. The van der Waals surface area contributed by atoms with E-state index in [2.05, 4.69) is 20.3 Å². The van der Waals surface area contributed by atoms with Crippen LogP contribution in [0.25, 0.3) is 0 Å². The summed E-state index contributed by atoms with van der Waals surface area (Å²) < 4.78 is 0. The highest BCUT2D eigenvalue weighted by atomic mass is 16.3. The summed E-state index contributed by atoms with van der Waals surface area (Å²) in [5, 5.41) is 13.0. The fourth-order valence-corrected chi connectivity index (χ4v) is 1.68. The molecule has 0 amide bonds. The highest BCUT2D eigenvalue weighted by Crippen LogP contribution is 2.12. The molecule has 0 saturated carbocycles. The van der Waals surface area contributed by atoms with Gasteiger partial charge in [-0.3, -0.25) is 0 Å². The summed E-state index contributed by atoms with van der Waals surface area (Å²) in [6.45, 7) is 3.99. The maximum Gasteiger partial charge on any atom is 0.226 e. The zero-order valence-corrected chi connectivity index (χ0v) is 10.5. The number of nitrogens with one attached hydrogen (secondary N) is 1. The summed E-state index contributed by atoms with van der Waals surface area (Å²) in [5.41, 5.74) is 0.868. The summed E-state index contributed by atoms with van der Waals surface area (Å²) in [6.07, 6.45) is -0.580. The molecule has 2 aromatic rings. The molecule has 0 radical (unpaired) electrons. The Morgan fingerprint density at radius 1 is 1.06 bits per heavy atom. The molecule has 0 spiro atoms. The Balaban J connectivity index is 1.99. The summed E-state index contributed by atoms with van der Waals surface area (Å²) >= 11 is 0. The maximum absolute atomic E-state index is 9.99. The largest absolute Gasteiger partial charge is 0.387 e. The van der Waals surface area contributed by atoms with Crippen molar-refractivity contribution < 1.29 is 5.11 Å². The molecule has 0 saturated heterocycles. The predicted molar refractivity (Wildman–Crippen MR) is 69.2 cm³/mol. The molecule has 1 atom stereocenters. The van der Waals surface area contributed by atoms with Crippen LogP contribution >= 0.6 is 0 Å². The highest BCUT2D eigenvalue weighted by Gasteiger charge is 2.07. The Morgan fingerprint density at radius 2 is 1.67 bits per heavy atom. The Morgan fingerprint density at radius 3 is 2.28 bits per heavy atom. The number of hydrogen-bond acceptors (Lipinski definition) is 5. The van der Waals surface area contributed by atoms with E-state index >= 15 is 0 Å². The predicted octanol–water partition coefficient (Wildman–Crippen LogP) is 1.63. The molecule has 0 aliphatic heterocycles. The minimum atomic E-state index is -0.580. The second kappa shape index (κ2) is 5.55. The van der Waals surface area contributed by atoms with Gasteiger partial charge in [0.25, 0.3) is 0 Å². The number of aliphatic hydroxyl groups is 1. The van der Waals surface area contributed by atoms with Crippen molar-refractivity contribution in [1.29, 1.82) is 0 Å². The molecule has 18 heavy (non-hydrogen) atoms. The first-order valence-corrected chi connectivity index (χ1v) is 5.81. The maximum atomic E-state index is 9.99. The van der Waals surface area contributed by atoms with Crippen molar-refractivity contribution in [3.63, 3.8) is 0 Å². The lowest BCUT2D eigenvalue weighted by atomic mass is 10.1. The normalized spacial score (nSPS) is 12.2. The third-order valence-corrected chi connectivity index (χ3v) is 2.50. The minimum Gasteiger partial charge on any atom is -0.387 e. The van der Waals surface area contributed by atoms with Crippen molar-refractivity contribution >= 4 is 5.95 Å². The number of rotatable bonds is 4. The molecule has 1 aromatic heterocycles. The van der Waals surface area contributed by atoms with E-state index in [0.717, 1.165) is 5.56 Å². The van der Waals surface area contributed by atoms with Crippen LogP contribution < -0.4 is 5.32 Å². The lowest BCUT2D eigenvalue weighted by Crippen LogP contribution is -2.15. The number of anilines is 1. The molecule has 1 aromatic carbocycles. The van der Waals surface area contributed by atoms with Crippen LogP contribution in [0.4, 0.5) is 5.95 Å². The lowest BCUT2D eigenvalue weighted by molar-refractivity contribution is 0.191. The zero-order chi connectivity index (χ0) is 13.0. The van der Waals surface area contributed by atoms with E-state index in [1.54, 1.807) is 0 Å². The van der Waals surface area contributed by atoms with Crippen molar-refractivity contribution in [2.75, 3.05) is 11.9 Å². The molecule has 5 heteroatoms. The number of aromatic nitrogens is 3. The molecule has 1 heterocycles. The quantitative estimate of drug-likeness (QED) is 0.855. The molecule has 0 fully saturated rings. The van der Waals surface area contributed by atoms with Gasteiger partial charge >= 0.3 is 0 Å². The highest BCUT2D eigenvalue weighted by molar-refractivity contribution is 5.26. The third kappa shape index (κ3) is 3.24. The first-order valence-electron chi connectivity index (χ1n) is 5.81. The molecule has 0 aliphatic carbocycles. The molecular formula is C13H16N4O. The van der Waals surface area contributed by atoms with Gasteiger partial charge in [0, 0.05) is 6.54 Å². The Bertz CT molecular complexity index is 495. The van der Waals surface area contributed by atoms with Crippen LogP contribution in [0.15, 0.2) is 30.3 Å². The summed E-state index contributed by atoms with van der Waals surface area (Å²) in [4.78, 5) is 12.4. The molecule has 5 nitrogen and oxygen atoms in total. The van der Waals surface area contributed by atoms with Gasteiger partial charge in [0.2, 0.25) is 5.95 Å². The van der Waals surface area contributed by atoms with Crippen molar-refractivity contribution in [3.05, 3.63) is 47.5 Å². The average molecular weight is 244 g/mol. The van der Waals surface area contributed by atoms with Crippen LogP contribution in [-0.2, 0) is 0 Å². The van der Waals surface area contributed by atoms with Gasteiger partial charge in [-0.05, 0) is 19.4 Å².